The Morgan fingerprint density at radius 2 is 2.05 bits per heavy atom. The molecule has 0 aromatic heterocycles. The van der Waals surface area contributed by atoms with E-state index in [4.69, 9.17) is 11.6 Å². The van der Waals surface area contributed by atoms with Gasteiger partial charge in [0.25, 0.3) is 0 Å². The topological polar surface area (TPSA) is 12.0 Å². The molecule has 3 heteroatoms. The summed E-state index contributed by atoms with van der Waals surface area (Å²) < 4.78 is 13.4. The van der Waals surface area contributed by atoms with Crippen LogP contribution in [0.5, 0.6) is 0 Å². The van der Waals surface area contributed by atoms with Crippen LogP contribution in [0.15, 0.2) is 42.5 Å². The van der Waals surface area contributed by atoms with Crippen LogP contribution in [-0.4, -0.2) is 6.04 Å². The number of hydrogen-bond donors (Lipinski definition) is 1. The maximum absolute atomic E-state index is 13.4. The average Bonchev–Trinajstić information content (AvgIpc) is 2.38. The summed E-state index contributed by atoms with van der Waals surface area (Å²) in [6, 6.07) is 13.1. The molecule has 0 saturated carbocycles. The number of rotatable bonds is 1. The monoisotopic (exact) mass is 275 g/mol. The number of hydrogen-bond acceptors (Lipinski definition) is 1. The van der Waals surface area contributed by atoms with E-state index >= 15 is 0 Å². The first kappa shape index (κ1) is 12.6. The van der Waals surface area contributed by atoms with Gasteiger partial charge in [0.1, 0.15) is 5.82 Å². The van der Waals surface area contributed by atoms with Crippen LogP contribution in [0, 0.1) is 5.82 Å². The second kappa shape index (κ2) is 4.95. The normalized spacial score (nSPS) is 22.1. The van der Waals surface area contributed by atoms with Crippen molar-refractivity contribution >= 4 is 11.6 Å². The zero-order chi connectivity index (χ0) is 13.4. The van der Waals surface area contributed by atoms with Gasteiger partial charge in [-0.1, -0.05) is 29.8 Å². The molecule has 1 aliphatic heterocycles. The number of fused-ring (bicyclic) bond motifs is 1. The molecular weight excluding hydrogens is 261 g/mol. The van der Waals surface area contributed by atoms with Gasteiger partial charge in [0.15, 0.2) is 0 Å². The summed E-state index contributed by atoms with van der Waals surface area (Å²) in [5.74, 6) is -0.207. The summed E-state index contributed by atoms with van der Waals surface area (Å²) >= 11 is 6.10. The van der Waals surface area contributed by atoms with E-state index in [-0.39, 0.29) is 11.9 Å². The molecule has 2 aromatic rings. The maximum atomic E-state index is 13.4. The molecule has 1 nitrogen and oxygen atoms in total. The molecule has 2 atom stereocenters. The molecule has 0 aliphatic carbocycles. The largest absolute Gasteiger partial charge is 0.303 e. The quantitative estimate of drug-likeness (QED) is 0.826. The highest BCUT2D eigenvalue weighted by molar-refractivity contribution is 6.30. The second-order valence-corrected chi connectivity index (χ2v) is 5.54. The highest BCUT2D eigenvalue weighted by atomic mass is 35.5. The van der Waals surface area contributed by atoms with Gasteiger partial charge in [0.2, 0.25) is 0 Å². The SMILES string of the molecule is CC1Cc2ccc(Cl)cc2C(c2cccc(F)c2)N1. The summed E-state index contributed by atoms with van der Waals surface area (Å²) in [4.78, 5) is 0. The Kier molecular flexibility index (Phi) is 3.29. The molecule has 0 saturated heterocycles. The molecule has 0 fully saturated rings. The minimum atomic E-state index is -0.207. The maximum Gasteiger partial charge on any atom is 0.123 e. The summed E-state index contributed by atoms with van der Waals surface area (Å²) in [6.07, 6.45) is 0.971. The molecular formula is C16H15ClFN. The second-order valence-electron chi connectivity index (χ2n) is 5.10. The van der Waals surface area contributed by atoms with Crippen molar-refractivity contribution in [3.63, 3.8) is 0 Å². The van der Waals surface area contributed by atoms with E-state index in [1.807, 2.05) is 18.2 Å². The lowest BCUT2D eigenvalue weighted by molar-refractivity contribution is 0.462. The number of nitrogens with one attached hydrogen (secondary N) is 1. The fourth-order valence-electron chi connectivity index (χ4n) is 2.75. The van der Waals surface area contributed by atoms with Crippen LogP contribution in [0.2, 0.25) is 5.02 Å². The average molecular weight is 276 g/mol. The third-order valence-electron chi connectivity index (χ3n) is 3.58. The van der Waals surface area contributed by atoms with E-state index in [1.54, 1.807) is 12.1 Å². The molecule has 0 amide bonds. The van der Waals surface area contributed by atoms with Crippen molar-refractivity contribution < 1.29 is 4.39 Å². The van der Waals surface area contributed by atoms with Crippen LogP contribution in [-0.2, 0) is 6.42 Å². The molecule has 1 N–H and O–H groups in total. The Bertz CT molecular complexity index is 611. The van der Waals surface area contributed by atoms with Crippen LogP contribution < -0.4 is 5.32 Å². The van der Waals surface area contributed by atoms with Crippen molar-refractivity contribution in [1.82, 2.24) is 5.32 Å². The summed E-state index contributed by atoms with van der Waals surface area (Å²) in [5.41, 5.74) is 3.37. The van der Waals surface area contributed by atoms with Crippen LogP contribution >= 0.6 is 11.6 Å². The van der Waals surface area contributed by atoms with Crippen molar-refractivity contribution in [2.75, 3.05) is 0 Å². The fraction of sp³-hybridized carbons (Fsp3) is 0.250. The molecule has 1 aliphatic rings. The Balaban J connectivity index is 2.10. The third-order valence-corrected chi connectivity index (χ3v) is 3.81. The highest BCUT2D eigenvalue weighted by Crippen LogP contribution is 2.32. The molecule has 2 aromatic carbocycles. The van der Waals surface area contributed by atoms with Crippen molar-refractivity contribution in [1.29, 1.82) is 0 Å². The van der Waals surface area contributed by atoms with E-state index in [2.05, 4.69) is 18.3 Å². The van der Waals surface area contributed by atoms with Gasteiger partial charge >= 0.3 is 0 Å². The zero-order valence-electron chi connectivity index (χ0n) is 10.7. The number of benzene rings is 2. The van der Waals surface area contributed by atoms with E-state index in [1.165, 1.54) is 11.6 Å². The first-order valence-corrected chi connectivity index (χ1v) is 6.81. The molecule has 1 heterocycles. The van der Waals surface area contributed by atoms with Crippen molar-refractivity contribution in [2.45, 2.75) is 25.4 Å². The fourth-order valence-corrected chi connectivity index (χ4v) is 2.93. The van der Waals surface area contributed by atoms with E-state index in [0.29, 0.717) is 6.04 Å². The summed E-state index contributed by atoms with van der Waals surface area (Å²) in [7, 11) is 0. The predicted octanol–water partition coefficient (Wildman–Crippen LogP) is 4.10. The van der Waals surface area contributed by atoms with Crippen molar-refractivity contribution in [2.24, 2.45) is 0 Å². The third kappa shape index (κ3) is 2.51. The van der Waals surface area contributed by atoms with Gasteiger partial charge in [0.05, 0.1) is 6.04 Å². The van der Waals surface area contributed by atoms with Gasteiger partial charge in [-0.3, -0.25) is 0 Å². The first-order chi connectivity index (χ1) is 9.13. The van der Waals surface area contributed by atoms with Gasteiger partial charge in [0, 0.05) is 11.1 Å². The van der Waals surface area contributed by atoms with Crippen molar-refractivity contribution in [3.8, 4) is 0 Å². The lowest BCUT2D eigenvalue weighted by atomic mass is 9.87. The Hall–Kier alpha value is -1.38. The molecule has 3 rings (SSSR count). The lowest BCUT2D eigenvalue weighted by Crippen LogP contribution is -2.37. The number of halogens is 2. The lowest BCUT2D eigenvalue weighted by Gasteiger charge is -2.32. The van der Waals surface area contributed by atoms with Gasteiger partial charge in [-0.25, -0.2) is 4.39 Å². The standard InChI is InChI=1S/C16H15ClFN/c1-10-7-11-5-6-13(17)9-15(11)16(19-10)12-3-2-4-14(18)8-12/h2-6,8-10,16,19H,7H2,1H3. The Morgan fingerprint density at radius 3 is 2.84 bits per heavy atom. The van der Waals surface area contributed by atoms with Gasteiger partial charge < -0.3 is 5.32 Å². The van der Waals surface area contributed by atoms with E-state index in [0.717, 1.165) is 22.6 Å². The smallest absolute Gasteiger partial charge is 0.123 e. The Morgan fingerprint density at radius 1 is 1.21 bits per heavy atom. The molecule has 0 spiro atoms. The zero-order valence-corrected chi connectivity index (χ0v) is 11.4. The van der Waals surface area contributed by atoms with Crippen LogP contribution in [0.25, 0.3) is 0 Å². The van der Waals surface area contributed by atoms with Gasteiger partial charge in [-0.2, -0.15) is 0 Å². The van der Waals surface area contributed by atoms with Crippen LogP contribution in [0.3, 0.4) is 0 Å². The molecule has 19 heavy (non-hydrogen) atoms. The van der Waals surface area contributed by atoms with Crippen molar-refractivity contribution in [3.05, 3.63) is 70.0 Å². The van der Waals surface area contributed by atoms with Gasteiger partial charge in [-0.15, -0.1) is 0 Å². The molecule has 98 valence electrons. The van der Waals surface area contributed by atoms with Crippen LogP contribution in [0.1, 0.15) is 29.7 Å². The first-order valence-electron chi connectivity index (χ1n) is 6.43. The predicted molar refractivity (Wildman–Crippen MR) is 76.0 cm³/mol. The summed E-state index contributed by atoms with van der Waals surface area (Å²) in [6.45, 7) is 2.14. The summed E-state index contributed by atoms with van der Waals surface area (Å²) in [5, 5.41) is 4.24. The minimum Gasteiger partial charge on any atom is -0.303 e. The minimum absolute atomic E-state index is 0.00755. The Labute approximate surface area is 117 Å². The molecule has 0 radical (unpaired) electrons. The van der Waals surface area contributed by atoms with E-state index in [9.17, 15) is 4.39 Å². The van der Waals surface area contributed by atoms with Crippen LogP contribution in [0.4, 0.5) is 4.39 Å². The highest BCUT2D eigenvalue weighted by Gasteiger charge is 2.25. The van der Waals surface area contributed by atoms with Gasteiger partial charge in [-0.05, 0) is 54.3 Å². The molecule has 0 bridgehead atoms. The molecule has 2 unspecified atom stereocenters. The van der Waals surface area contributed by atoms with E-state index < -0.39 is 0 Å².